The molecule has 0 fully saturated rings. The molecule has 7 heteroatoms. The van der Waals surface area contributed by atoms with Crippen LogP contribution in [0, 0.1) is 10.1 Å². The van der Waals surface area contributed by atoms with Gasteiger partial charge in [-0.05, 0) is 17.7 Å². The highest BCUT2D eigenvalue weighted by Gasteiger charge is 2.13. The van der Waals surface area contributed by atoms with Crippen molar-refractivity contribution < 1.29 is 19.6 Å². The molecule has 2 aromatic carbocycles. The zero-order valence-electron chi connectivity index (χ0n) is 11.3. The topological polar surface area (TPSA) is 112 Å². The Kier molecular flexibility index (Phi) is 4.47. The summed E-state index contributed by atoms with van der Waals surface area (Å²) in [5, 5.41) is 23.9. The third kappa shape index (κ3) is 3.66. The van der Waals surface area contributed by atoms with E-state index in [4.69, 9.17) is 0 Å². The number of nitrogens with zero attached hydrogens (tertiary/aromatic N) is 1. The summed E-state index contributed by atoms with van der Waals surface area (Å²) in [6.45, 7) is 0. The lowest BCUT2D eigenvalue weighted by molar-refractivity contribution is -0.384. The average Bonchev–Trinajstić information content (AvgIpc) is 2.47. The highest BCUT2D eigenvalue weighted by Crippen LogP contribution is 2.18. The predicted octanol–water partition coefficient (Wildman–Crippen LogP) is 1.14. The van der Waals surface area contributed by atoms with Crippen LogP contribution in [0.25, 0.3) is 0 Å². The summed E-state index contributed by atoms with van der Waals surface area (Å²) in [7, 11) is 0. The lowest BCUT2D eigenvalue weighted by Crippen LogP contribution is -2.26. The molecule has 2 rings (SSSR count). The molecule has 0 saturated carbocycles. The summed E-state index contributed by atoms with van der Waals surface area (Å²) >= 11 is 0. The van der Waals surface area contributed by atoms with Crippen molar-refractivity contribution in [2.75, 3.05) is 5.32 Å². The molecular formula is C15H11N2O5-. The number of nitro groups is 1. The number of anilines is 1. The smallest absolute Gasteiger partial charge is 0.271 e. The molecule has 22 heavy (non-hydrogen) atoms. The van der Waals surface area contributed by atoms with Gasteiger partial charge in [-0.1, -0.05) is 24.3 Å². The largest absolute Gasteiger partial charge is 0.550 e. The SMILES string of the molecule is O=C([O-])Cc1ccccc1C(=O)Nc1cccc([N+](=O)[O-])c1. The number of amides is 1. The van der Waals surface area contributed by atoms with Crippen LogP contribution in [-0.2, 0) is 11.2 Å². The van der Waals surface area contributed by atoms with Gasteiger partial charge in [0.05, 0.1) is 4.92 Å². The number of benzene rings is 2. The Labute approximate surface area is 125 Å². The summed E-state index contributed by atoms with van der Waals surface area (Å²) in [4.78, 5) is 33.0. The standard InChI is InChI=1S/C15H12N2O5/c18-14(19)8-10-4-1-2-7-13(10)15(20)16-11-5-3-6-12(9-11)17(21)22/h1-7,9H,8H2,(H,16,20)(H,18,19)/p-1. The molecule has 0 aliphatic rings. The molecule has 0 radical (unpaired) electrons. The molecule has 0 spiro atoms. The van der Waals surface area contributed by atoms with E-state index in [1.54, 1.807) is 12.1 Å². The van der Waals surface area contributed by atoms with E-state index < -0.39 is 23.2 Å². The van der Waals surface area contributed by atoms with E-state index in [2.05, 4.69) is 5.32 Å². The van der Waals surface area contributed by atoms with E-state index in [1.807, 2.05) is 0 Å². The van der Waals surface area contributed by atoms with E-state index in [9.17, 15) is 24.8 Å². The Morgan fingerprint density at radius 3 is 2.50 bits per heavy atom. The number of nitro benzene ring substituents is 1. The van der Waals surface area contributed by atoms with Gasteiger partial charge in [0, 0.05) is 35.8 Å². The second-order valence-electron chi connectivity index (χ2n) is 4.47. The normalized spacial score (nSPS) is 10.0. The molecule has 0 unspecified atom stereocenters. The van der Waals surface area contributed by atoms with Gasteiger partial charge in [-0.2, -0.15) is 0 Å². The number of hydrogen-bond acceptors (Lipinski definition) is 5. The highest BCUT2D eigenvalue weighted by atomic mass is 16.6. The first-order chi connectivity index (χ1) is 10.5. The van der Waals surface area contributed by atoms with Gasteiger partial charge >= 0.3 is 0 Å². The fourth-order valence-electron chi connectivity index (χ4n) is 1.95. The van der Waals surface area contributed by atoms with Crippen LogP contribution in [0.5, 0.6) is 0 Å². The minimum absolute atomic E-state index is 0.152. The molecule has 2 aromatic rings. The number of hydrogen-bond donors (Lipinski definition) is 1. The van der Waals surface area contributed by atoms with Crippen LogP contribution < -0.4 is 10.4 Å². The first-order valence-corrected chi connectivity index (χ1v) is 6.31. The molecule has 0 aliphatic heterocycles. The van der Waals surface area contributed by atoms with Crippen LogP contribution in [0.15, 0.2) is 48.5 Å². The van der Waals surface area contributed by atoms with E-state index in [1.165, 1.54) is 36.4 Å². The number of carbonyl (C=O) groups is 2. The lowest BCUT2D eigenvalue weighted by atomic mass is 10.0. The highest BCUT2D eigenvalue weighted by molar-refractivity contribution is 6.05. The van der Waals surface area contributed by atoms with E-state index in [0.717, 1.165) is 0 Å². The van der Waals surface area contributed by atoms with Crippen molar-refractivity contribution in [3.05, 3.63) is 69.8 Å². The van der Waals surface area contributed by atoms with Crippen molar-refractivity contribution in [2.45, 2.75) is 6.42 Å². The fourth-order valence-corrected chi connectivity index (χ4v) is 1.95. The molecule has 0 aromatic heterocycles. The number of aliphatic carboxylic acids is 1. The zero-order chi connectivity index (χ0) is 16.1. The van der Waals surface area contributed by atoms with E-state index in [0.29, 0.717) is 5.56 Å². The van der Waals surface area contributed by atoms with Gasteiger partial charge in [0.1, 0.15) is 0 Å². The summed E-state index contributed by atoms with van der Waals surface area (Å²) in [6.07, 6.45) is -0.390. The van der Waals surface area contributed by atoms with Crippen LogP contribution in [0.2, 0.25) is 0 Å². The number of carboxylic acid groups (broad SMARTS) is 1. The van der Waals surface area contributed by atoms with Crippen molar-refractivity contribution in [1.82, 2.24) is 0 Å². The molecule has 0 saturated heterocycles. The quantitative estimate of drug-likeness (QED) is 0.657. The van der Waals surface area contributed by atoms with Crippen molar-refractivity contribution >= 4 is 23.3 Å². The van der Waals surface area contributed by atoms with Gasteiger partial charge in [-0.15, -0.1) is 0 Å². The molecule has 0 atom stereocenters. The number of rotatable bonds is 5. The maximum atomic E-state index is 12.2. The van der Waals surface area contributed by atoms with Crippen LogP contribution in [0.3, 0.4) is 0 Å². The molecule has 0 heterocycles. The van der Waals surface area contributed by atoms with Crippen LogP contribution in [0.4, 0.5) is 11.4 Å². The van der Waals surface area contributed by atoms with Crippen molar-refractivity contribution in [3.63, 3.8) is 0 Å². The van der Waals surface area contributed by atoms with Gasteiger partial charge in [-0.3, -0.25) is 14.9 Å². The Morgan fingerprint density at radius 2 is 1.82 bits per heavy atom. The Morgan fingerprint density at radius 1 is 1.09 bits per heavy atom. The number of carbonyl (C=O) groups excluding carboxylic acids is 2. The number of nitrogens with one attached hydrogen (secondary N) is 1. The van der Waals surface area contributed by atoms with Gasteiger partial charge in [0.25, 0.3) is 11.6 Å². The minimum atomic E-state index is -1.30. The second kappa shape index (κ2) is 6.49. The zero-order valence-corrected chi connectivity index (χ0v) is 11.3. The molecular weight excluding hydrogens is 288 g/mol. The monoisotopic (exact) mass is 299 g/mol. The Balaban J connectivity index is 2.24. The molecule has 0 aliphatic carbocycles. The van der Waals surface area contributed by atoms with Crippen molar-refractivity contribution in [2.24, 2.45) is 0 Å². The van der Waals surface area contributed by atoms with Crippen molar-refractivity contribution in [3.8, 4) is 0 Å². The average molecular weight is 299 g/mol. The van der Waals surface area contributed by atoms with Gasteiger partial charge in [0.2, 0.25) is 0 Å². The van der Waals surface area contributed by atoms with Gasteiger partial charge < -0.3 is 15.2 Å². The maximum absolute atomic E-state index is 12.2. The van der Waals surface area contributed by atoms with Gasteiger partial charge in [-0.25, -0.2) is 0 Å². The first kappa shape index (κ1) is 15.2. The summed E-state index contributed by atoms with van der Waals surface area (Å²) in [5.74, 6) is -1.84. The summed E-state index contributed by atoms with van der Waals surface area (Å²) in [5.41, 5.74) is 0.590. The lowest BCUT2D eigenvalue weighted by Gasteiger charge is -2.10. The third-order valence-corrected chi connectivity index (χ3v) is 2.91. The summed E-state index contributed by atoms with van der Waals surface area (Å²) in [6, 6.07) is 11.7. The van der Waals surface area contributed by atoms with Crippen LogP contribution in [0.1, 0.15) is 15.9 Å². The molecule has 7 nitrogen and oxygen atoms in total. The number of carboxylic acids is 1. The molecule has 1 amide bonds. The number of non-ortho nitro benzene ring substituents is 1. The third-order valence-electron chi connectivity index (χ3n) is 2.91. The van der Waals surface area contributed by atoms with Crippen LogP contribution >= 0.6 is 0 Å². The maximum Gasteiger partial charge on any atom is 0.271 e. The molecule has 0 bridgehead atoms. The second-order valence-corrected chi connectivity index (χ2v) is 4.47. The van der Waals surface area contributed by atoms with Gasteiger partial charge in [0.15, 0.2) is 0 Å². The summed E-state index contributed by atoms with van der Waals surface area (Å²) < 4.78 is 0. The predicted molar refractivity (Wildman–Crippen MR) is 76.2 cm³/mol. The molecule has 112 valence electrons. The minimum Gasteiger partial charge on any atom is -0.550 e. The van der Waals surface area contributed by atoms with Crippen molar-refractivity contribution in [1.29, 1.82) is 0 Å². The Hall–Kier alpha value is -3.22. The first-order valence-electron chi connectivity index (χ1n) is 6.31. The molecule has 1 N–H and O–H groups in total. The van der Waals surface area contributed by atoms with E-state index in [-0.39, 0.29) is 16.9 Å². The Bertz CT molecular complexity index is 742. The van der Waals surface area contributed by atoms with E-state index >= 15 is 0 Å². The fraction of sp³-hybridized carbons (Fsp3) is 0.0667. The van der Waals surface area contributed by atoms with Crippen LogP contribution in [-0.4, -0.2) is 16.8 Å².